The molecule has 2 heterocycles. The summed E-state index contributed by atoms with van der Waals surface area (Å²) in [6.07, 6.45) is 1.50. The molecule has 1 aromatic carbocycles. The van der Waals surface area contributed by atoms with Gasteiger partial charge in [-0.3, -0.25) is 4.79 Å². The molecule has 1 fully saturated rings. The lowest BCUT2D eigenvalue weighted by Crippen LogP contribution is -2.41. The lowest BCUT2D eigenvalue weighted by atomic mass is 9.77. The van der Waals surface area contributed by atoms with Gasteiger partial charge in [-0.2, -0.15) is 10.2 Å². The summed E-state index contributed by atoms with van der Waals surface area (Å²) in [7, 11) is -0.543. The van der Waals surface area contributed by atoms with E-state index in [2.05, 4.69) is 15.5 Å². The van der Waals surface area contributed by atoms with Crippen LogP contribution in [0.4, 0.5) is 5.69 Å². The molecule has 1 aliphatic rings. The van der Waals surface area contributed by atoms with E-state index in [9.17, 15) is 4.79 Å². The second-order valence-electron chi connectivity index (χ2n) is 7.16. The number of hydrogen-bond donors (Lipinski definition) is 1. The molecule has 7 heteroatoms. The average molecular weight is 339 g/mol. The van der Waals surface area contributed by atoms with Crippen molar-refractivity contribution >= 4 is 24.2 Å². The van der Waals surface area contributed by atoms with E-state index >= 15 is 0 Å². The van der Waals surface area contributed by atoms with Crippen LogP contribution in [0, 0.1) is 6.92 Å². The summed E-state index contributed by atoms with van der Waals surface area (Å²) in [5.74, 6) is -0.239. The van der Waals surface area contributed by atoms with Gasteiger partial charge in [0.05, 0.1) is 28.7 Å². The van der Waals surface area contributed by atoms with Crippen LogP contribution < -0.4 is 10.8 Å². The first-order chi connectivity index (χ1) is 11.7. The summed E-state index contributed by atoms with van der Waals surface area (Å²) in [6, 6.07) is 9.14. The van der Waals surface area contributed by atoms with E-state index < -0.39 is 18.3 Å². The molecule has 0 radical (unpaired) electrons. The van der Waals surface area contributed by atoms with Gasteiger partial charge in [0, 0.05) is 11.2 Å². The summed E-state index contributed by atoms with van der Waals surface area (Å²) >= 11 is 0. The molecule has 1 N–H and O–H groups in total. The Kier molecular flexibility index (Phi) is 4.39. The van der Waals surface area contributed by atoms with E-state index in [-0.39, 0.29) is 5.91 Å². The van der Waals surface area contributed by atoms with E-state index in [0.29, 0.717) is 16.9 Å². The Morgan fingerprint density at radius 2 is 1.72 bits per heavy atom. The standard InChI is InChI=1S/C18H22BN3O3/c1-12-13(10-11-20-22-12)16(23)21-15-9-7-6-8-14(15)19-24-17(2,3)18(4,5)25-19/h6-11H,1-5H3,(H,21,23). The monoisotopic (exact) mass is 339 g/mol. The Bertz CT molecular complexity index is 792. The molecule has 0 spiro atoms. The van der Waals surface area contributed by atoms with Crippen molar-refractivity contribution in [2.45, 2.75) is 45.8 Å². The number of aryl methyl sites for hydroxylation is 1. The third kappa shape index (κ3) is 3.30. The fourth-order valence-corrected chi connectivity index (χ4v) is 2.62. The largest absolute Gasteiger partial charge is 0.496 e. The maximum Gasteiger partial charge on any atom is 0.496 e. The van der Waals surface area contributed by atoms with Crippen molar-refractivity contribution in [3.63, 3.8) is 0 Å². The number of anilines is 1. The molecule has 130 valence electrons. The molecule has 1 aromatic heterocycles. The molecule has 6 nitrogen and oxygen atoms in total. The zero-order valence-corrected chi connectivity index (χ0v) is 15.2. The van der Waals surface area contributed by atoms with Gasteiger partial charge in [0.15, 0.2) is 0 Å². The molecular weight excluding hydrogens is 317 g/mol. The van der Waals surface area contributed by atoms with E-state index in [0.717, 1.165) is 5.46 Å². The summed E-state index contributed by atoms with van der Waals surface area (Å²) in [5.41, 5.74) is 1.61. The first kappa shape index (κ1) is 17.6. The number of nitrogens with one attached hydrogen (secondary N) is 1. The molecule has 1 aliphatic heterocycles. The molecule has 25 heavy (non-hydrogen) atoms. The highest BCUT2D eigenvalue weighted by Gasteiger charge is 2.52. The highest BCUT2D eigenvalue weighted by molar-refractivity contribution is 6.64. The van der Waals surface area contributed by atoms with Crippen molar-refractivity contribution in [2.24, 2.45) is 0 Å². The number of carbonyl (C=O) groups excluding carboxylic acids is 1. The average Bonchev–Trinajstić information content (AvgIpc) is 2.76. The van der Waals surface area contributed by atoms with E-state index in [1.54, 1.807) is 13.0 Å². The number of aromatic nitrogens is 2. The fourth-order valence-electron chi connectivity index (χ4n) is 2.62. The Hall–Kier alpha value is -2.25. The van der Waals surface area contributed by atoms with Crippen LogP contribution in [-0.4, -0.2) is 34.4 Å². The highest BCUT2D eigenvalue weighted by atomic mass is 16.7. The van der Waals surface area contributed by atoms with Gasteiger partial charge in [-0.15, -0.1) is 0 Å². The molecule has 0 atom stereocenters. The van der Waals surface area contributed by atoms with Gasteiger partial charge >= 0.3 is 7.12 Å². The van der Waals surface area contributed by atoms with Crippen LogP contribution in [0.2, 0.25) is 0 Å². The smallest absolute Gasteiger partial charge is 0.399 e. The third-order valence-electron chi connectivity index (χ3n) is 4.87. The predicted octanol–water partition coefficient (Wildman–Crippen LogP) is 2.34. The first-order valence-corrected chi connectivity index (χ1v) is 8.25. The molecule has 1 saturated heterocycles. The fraction of sp³-hybridized carbons (Fsp3) is 0.389. The Labute approximate surface area is 148 Å². The molecule has 1 amide bonds. The van der Waals surface area contributed by atoms with Crippen LogP contribution in [0.3, 0.4) is 0 Å². The van der Waals surface area contributed by atoms with Gasteiger partial charge in [-0.25, -0.2) is 0 Å². The van der Waals surface area contributed by atoms with Gasteiger partial charge in [-0.05, 0) is 46.8 Å². The molecule has 0 bridgehead atoms. The summed E-state index contributed by atoms with van der Waals surface area (Å²) in [5, 5.41) is 10.6. The van der Waals surface area contributed by atoms with Crippen molar-refractivity contribution in [1.82, 2.24) is 10.2 Å². The number of amides is 1. The zero-order chi connectivity index (χ0) is 18.2. The number of nitrogens with zero attached hydrogens (tertiary/aromatic N) is 2. The van der Waals surface area contributed by atoms with Crippen molar-refractivity contribution in [2.75, 3.05) is 5.32 Å². The summed E-state index contributed by atoms with van der Waals surface area (Å²) in [6.45, 7) is 9.75. The molecule has 0 unspecified atom stereocenters. The predicted molar refractivity (Wildman–Crippen MR) is 96.9 cm³/mol. The SMILES string of the molecule is Cc1nnccc1C(=O)Nc1ccccc1B1OC(C)(C)C(C)(C)O1. The summed E-state index contributed by atoms with van der Waals surface area (Å²) in [4.78, 5) is 12.6. The number of benzene rings is 1. The number of carbonyl (C=O) groups is 1. The lowest BCUT2D eigenvalue weighted by Gasteiger charge is -2.32. The molecule has 0 aliphatic carbocycles. The number of rotatable bonds is 3. The lowest BCUT2D eigenvalue weighted by molar-refractivity contribution is 0.00578. The normalized spacial score (nSPS) is 18.2. The zero-order valence-electron chi connectivity index (χ0n) is 15.2. The minimum atomic E-state index is -0.543. The highest BCUT2D eigenvalue weighted by Crippen LogP contribution is 2.37. The number of para-hydroxylation sites is 1. The van der Waals surface area contributed by atoms with Crippen LogP contribution in [0.5, 0.6) is 0 Å². The maximum atomic E-state index is 12.6. The first-order valence-electron chi connectivity index (χ1n) is 8.25. The summed E-state index contributed by atoms with van der Waals surface area (Å²) < 4.78 is 12.2. The van der Waals surface area contributed by atoms with Crippen LogP contribution in [-0.2, 0) is 9.31 Å². The Morgan fingerprint density at radius 3 is 2.36 bits per heavy atom. The molecule has 0 saturated carbocycles. The quantitative estimate of drug-likeness (QED) is 0.869. The van der Waals surface area contributed by atoms with Crippen molar-refractivity contribution in [3.8, 4) is 0 Å². The molecular formula is C18H22BN3O3. The minimum absolute atomic E-state index is 0.239. The Morgan fingerprint density at radius 1 is 1.08 bits per heavy atom. The van der Waals surface area contributed by atoms with Crippen molar-refractivity contribution in [3.05, 3.63) is 47.8 Å². The van der Waals surface area contributed by atoms with Crippen molar-refractivity contribution in [1.29, 1.82) is 0 Å². The maximum absolute atomic E-state index is 12.6. The van der Waals surface area contributed by atoms with E-state index in [4.69, 9.17) is 9.31 Å². The second kappa shape index (κ2) is 6.24. The van der Waals surface area contributed by atoms with E-state index in [1.807, 2.05) is 52.0 Å². The third-order valence-corrected chi connectivity index (χ3v) is 4.87. The van der Waals surface area contributed by atoms with Crippen molar-refractivity contribution < 1.29 is 14.1 Å². The van der Waals surface area contributed by atoms with Crippen LogP contribution in [0.1, 0.15) is 43.7 Å². The van der Waals surface area contributed by atoms with Crippen LogP contribution in [0.15, 0.2) is 36.5 Å². The minimum Gasteiger partial charge on any atom is -0.399 e. The van der Waals surface area contributed by atoms with Crippen LogP contribution in [0.25, 0.3) is 0 Å². The second-order valence-corrected chi connectivity index (χ2v) is 7.16. The van der Waals surface area contributed by atoms with Gasteiger partial charge in [0.2, 0.25) is 0 Å². The van der Waals surface area contributed by atoms with Gasteiger partial charge in [0.25, 0.3) is 5.91 Å². The van der Waals surface area contributed by atoms with Gasteiger partial charge in [-0.1, -0.05) is 18.2 Å². The molecule has 3 rings (SSSR count). The van der Waals surface area contributed by atoms with Crippen LogP contribution >= 0.6 is 0 Å². The Balaban J connectivity index is 1.88. The number of hydrogen-bond acceptors (Lipinski definition) is 5. The molecule has 2 aromatic rings. The van der Waals surface area contributed by atoms with Gasteiger partial charge in [0.1, 0.15) is 0 Å². The van der Waals surface area contributed by atoms with Gasteiger partial charge < -0.3 is 14.6 Å². The topological polar surface area (TPSA) is 73.3 Å². The van der Waals surface area contributed by atoms with E-state index in [1.165, 1.54) is 6.20 Å².